The molecule has 1 aromatic rings. The van der Waals surface area contributed by atoms with Gasteiger partial charge in [0.15, 0.2) is 23.6 Å². The molecule has 0 aliphatic heterocycles. The van der Waals surface area contributed by atoms with E-state index in [9.17, 15) is 19.5 Å². The Bertz CT molecular complexity index is 1160. The highest BCUT2D eigenvalue weighted by molar-refractivity contribution is 5.96. The summed E-state index contributed by atoms with van der Waals surface area (Å²) < 4.78 is 11.7. The summed E-state index contributed by atoms with van der Waals surface area (Å²) in [4.78, 5) is 39.9. The van der Waals surface area contributed by atoms with Gasteiger partial charge >= 0.3 is 11.9 Å². The maximum Gasteiger partial charge on any atom is 0.338 e. The highest BCUT2D eigenvalue weighted by atomic mass is 16.6. The highest BCUT2D eigenvalue weighted by Gasteiger charge is 2.77. The Kier molecular flexibility index (Phi) is 5.23. The summed E-state index contributed by atoms with van der Waals surface area (Å²) in [5.74, 6) is -1.39. The summed E-state index contributed by atoms with van der Waals surface area (Å²) in [6.07, 6.45) is 2.20. The summed E-state index contributed by atoms with van der Waals surface area (Å²) in [5, 5.41) is 12.7. The number of carbonyl (C=O) groups excluding carboxylic acids is 3. The number of esters is 2. The predicted octanol–water partition coefficient (Wildman–Crippen LogP) is 4.28. The first-order valence-electron chi connectivity index (χ1n) is 12.4. The number of Topliss-reactive ketones (excluding diaryl/α,β-unsaturated/α-hetero) is 1. The molecule has 0 saturated heterocycles. The van der Waals surface area contributed by atoms with E-state index < -0.39 is 41.1 Å². The van der Waals surface area contributed by atoms with Gasteiger partial charge in [0.25, 0.3) is 0 Å². The maximum atomic E-state index is 14.5. The highest BCUT2D eigenvalue weighted by Crippen LogP contribution is 2.71. The molecular formula is C29H34O6. The molecule has 8 atom stereocenters. The molecular weight excluding hydrogens is 444 g/mol. The van der Waals surface area contributed by atoms with Gasteiger partial charge in [-0.25, -0.2) is 4.79 Å². The van der Waals surface area contributed by atoms with Crippen LogP contribution in [0, 0.1) is 34.5 Å². The second-order valence-electron chi connectivity index (χ2n) is 11.6. The van der Waals surface area contributed by atoms with Gasteiger partial charge in [-0.3, -0.25) is 9.59 Å². The topological polar surface area (TPSA) is 89.9 Å². The van der Waals surface area contributed by atoms with Gasteiger partial charge in [-0.2, -0.15) is 0 Å². The zero-order valence-electron chi connectivity index (χ0n) is 21.2. The first-order chi connectivity index (χ1) is 16.4. The Morgan fingerprint density at radius 3 is 2.29 bits per heavy atom. The van der Waals surface area contributed by atoms with Gasteiger partial charge < -0.3 is 14.6 Å². The fraction of sp³-hybridized carbons (Fsp3) is 0.552. The van der Waals surface area contributed by atoms with Crippen LogP contribution in [-0.2, 0) is 19.1 Å². The number of allylic oxidation sites excluding steroid dienone is 1. The number of aliphatic hydroxyl groups is 1. The first kappa shape index (κ1) is 24.0. The summed E-state index contributed by atoms with van der Waals surface area (Å²) in [6, 6.07) is 8.58. The van der Waals surface area contributed by atoms with Crippen LogP contribution in [-0.4, -0.2) is 40.6 Å². The second-order valence-corrected chi connectivity index (χ2v) is 11.6. The van der Waals surface area contributed by atoms with Crippen LogP contribution in [0.4, 0.5) is 0 Å². The zero-order chi connectivity index (χ0) is 25.5. The van der Waals surface area contributed by atoms with Gasteiger partial charge in [-0.15, -0.1) is 0 Å². The van der Waals surface area contributed by atoms with E-state index in [4.69, 9.17) is 9.47 Å². The molecule has 1 N–H and O–H groups in total. The van der Waals surface area contributed by atoms with Crippen molar-refractivity contribution >= 4 is 17.7 Å². The molecule has 1 spiro atoms. The largest absolute Gasteiger partial charge is 0.455 e. The molecule has 35 heavy (non-hydrogen) atoms. The third-order valence-electron chi connectivity index (χ3n) is 9.33. The maximum absolute atomic E-state index is 14.5. The molecule has 186 valence electrons. The van der Waals surface area contributed by atoms with Crippen molar-refractivity contribution in [2.75, 3.05) is 0 Å². The Morgan fingerprint density at radius 1 is 1.03 bits per heavy atom. The fourth-order valence-corrected chi connectivity index (χ4v) is 7.65. The van der Waals surface area contributed by atoms with Crippen molar-refractivity contribution in [1.82, 2.24) is 0 Å². The summed E-state index contributed by atoms with van der Waals surface area (Å²) >= 11 is 0. The number of hydrogen-bond donors (Lipinski definition) is 1. The zero-order valence-corrected chi connectivity index (χ0v) is 21.2. The van der Waals surface area contributed by atoms with Crippen LogP contribution in [0.15, 0.2) is 53.6 Å². The molecule has 2 saturated carbocycles. The number of hydrogen-bond acceptors (Lipinski definition) is 6. The number of ketones is 1. The lowest BCUT2D eigenvalue weighted by Crippen LogP contribution is -2.66. The number of fused-ring (bicyclic) bond motifs is 3. The normalized spacial score (nSPS) is 40.8. The van der Waals surface area contributed by atoms with Crippen LogP contribution in [0.1, 0.15) is 58.3 Å². The molecule has 0 unspecified atom stereocenters. The molecule has 2 bridgehead atoms. The third kappa shape index (κ3) is 3.08. The van der Waals surface area contributed by atoms with E-state index in [2.05, 4.69) is 13.8 Å². The average molecular weight is 479 g/mol. The van der Waals surface area contributed by atoms with Crippen molar-refractivity contribution in [2.45, 2.75) is 65.8 Å². The van der Waals surface area contributed by atoms with Gasteiger partial charge in [-0.05, 0) is 66.7 Å². The SMILES string of the molecule is CC(=O)O[C@H]1C(C)=C[C@]23C(=O)[C@H](C=C(C)[C@@H](OC(=O)c4ccccc4)[C@]12O)[C@@H]1[C@H](C[C@H]3C)C1(C)C. The molecule has 1 aromatic carbocycles. The Balaban J connectivity index is 1.71. The van der Waals surface area contributed by atoms with Crippen LogP contribution in [0.25, 0.3) is 0 Å². The lowest BCUT2D eigenvalue weighted by atomic mass is 9.59. The van der Waals surface area contributed by atoms with E-state index in [1.54, 1.807) is 44.2 Å². The van der Waals surface area contributed by atoms with Crippen LogP contribution in [0.3, 0.4) is 0 Å². The molecule has 4 aliphatic carbocycles. The second kappa shape index (κ2) is 7.63. The molecule has 2 fully saturated rings. The standard InChI is InChI=1S/C29H34O6/c1-15-12-20-22-21(27(22,5)6)13-17(3)28(23(20)31)14-16(2)25(34-18(4)30)29(28,33)24(15)35-26(32)19-10-8-7-9-11-19/h7-12,14,17,20-22,24-25,33H,13H2,1-6H3/t17-,20-,21+,22-,24-,25+,28+,29+/m1/s1. The lowest BCUT2D eigenvalue weighted by molar-refractivity contribution is -0.202. The van der Waals surface area contributed by atoms with Crippen LogP contribution >= 0.6 is 0 Å². The number of carbonyl (C=O) groups is 3. The van der Waals surface area contributed by atoms with E-state index in [0.29, 0.717) is 22.6 Å². The fourth-order valence-electron chi connectivity index (χ4n) is 7.65. The molecule has 6 nitrogen and oxygen atoms in total. The molecule has 0 radical (unpaired) electrons. The van der Waals surface area contributed by atoms with Crippen molar-refractivity contribution in [1.29, 1.82) is 0 Å². The molecule has 5 rings (SSSR count). The van der Waals surface area contributed by atoms with Crippen LogP contribution < -0.4 is 0 Å². The quantitative estimate of drug-likeness (QED) is 0.515. The van der Waals surface area contributed by atoms with Crippen molar-refractivity contribution in [3.63, 3.8) is 0 Å². The van der Waals surface area contributed by atoms with Gasteiger partial charge in [-0.1, -0.05) is 51.1 Å². The van der Waals surface area contributed by atoms with E-state index in [1.807, 2.05) is 19.1 Å². The molecule has 0 heterocycles. The minimum absolute atomic E-state index is 0.0122. The van der Waals surface area contributed by atoms with E-state index in [-0.39, 0.29) is 23.0 Å². The Morgan fingerprint density at radius 2 is 1.66 bits per heavy atom. The average Bonchev–Trinajstić information content (AvgIpc) is 3.29. The summed E-state index contributed by atoms with van der Waals surface area (Å²) in [6.45, 7) is 11.2. The monoisotopic (exact) mass is 478 g/mol. The van der Waals surface area contributed by atoms with Gasteiger partial charge in [0.2, 0.25) is 0 Å². The molecule has 0 aromatic heterocycles. The first-order valence-corrected chi connectivity index (χ1v) is 12.4. The minimum atomic E-state index is -1.96. The number of rotatable bonds is 3. The molecule has 0 amide bonds. The number of ether oxygens (including phenoxy) is 2. The van der Waals surface area contributed by atoms with E-state index >= 15 is 0 Å². The minimum Gasteiger partial charge on any atom is -0.455 e. The lowest BCUT2D eigenvalue weighted by Gasteiger charge is -2.49. The van der Waals surface area contributed by atoms with Crippen molar-refractivity contribution < 1.29 is 29.0 Å². The van der Waals surface area contributed by atoms with Crippen molar-refractivity contribution in [3.8, 4) is 0 Å². The van der Waals surface area contributed by atoms with Crippen LogP contribution in [0.5, 0.6) is 0 Å². The van der Waals surface area contributed by atoms with Gasteiger partial charge in [0.05, 0.1) is 11.0 Å². The smallest absolute Gasteiger partial charge is 0.338 e. The number of benzene rings is 1. The van der Waals surface area contributed by atoms with Crippen molar-refractivity contribution in [2.24, 2.45) is 34.5 Å². The summed E-state index contributed by atoms with van der Waals surface area (Å²) in [7, 11) is 0. The van der Waals surface area contributed by atoms with E-state index in [1.165, 1.54) is 6.92 Å². The van der Waals surface area contributed by atoms with Gasteiger partial charge in [0.1, 0.15) is 0 Å². The van der Waals surface area contributed by atoms with Crippen LogP contribution in [0.2, 0.25) is 0 Å². The summed E-state index contributed by atoms with van der Waals surface area (Å²) in [5.41, 5.74) is -1.74. The third-order valence-corrected chi connectivity index (χ3v) is 9.33. The van der Waals surface area contributed by atoms with Crippen molar-refractivity contribution in [3.05, 3.63) is 59.2 Å². The van der Waals surface area contributed by atoms with Gasteiger partial charge in [0, 0.05) is 12.8 Å². The Labute approximate surface area is 206 Å². The van der Waals surface area contributed by atoms with E-state index in [0.717, 1.165) is 6.42 Å². The predicted molar refractivity (Wildman–Crippen MR) is 129 cm³/mol. The Hall–Kier alpha value is -2.73. The molecule has 6 heteroatoms. The molecule has 4 aliphatic rings.